The number of hydrogen-bond donors (Lipinski definition) is 1. The van der Waals surface area contributed by atoms with Gasteiger partial charge in [-0.3, -0.25) is 0 Å². The minimum absolute atomic E-state index is 0.582. The van der Waals surface area contributed by atoms with E-state index in [1.807, 2.05) is 0 Å². The number of ether oxygens (including phenoxy) is 1. The maximum Gasteiger partial charge on any atom is 0.122 e. The van der Waals surface area contributed by atoms with Crippen molar-refractivity contribution in [1.29, 1.82) is 0 Å². The first-order chi connectivity index (χ1) is 9.20. The number of rotatable bonds is 7. The van der Waals surface area contributed by atoms with E-state index in [2.05, 4.69) is 50.4 Å². The highest BCUT2D eigenvalue weighted by Crippen LogP contribution is 2.38. The average molecular weight is 261 g/mol. The van der Waals surface area contributed by atoms with Crippen molar-refractivity contribution in [2.75, 3.05) is 19.7 Å². The number of hydrogen-bond acceptors (Lipinski definition) is 2. The summed E-state index contributed by atoms with van der Waals surface area (Å²) in [6.07, 6.45) is 2.54. The Kier molecular flexibility index (Phi) is 5.26. The van der Waals surface area contributed by atoms with Gasteiger partial charge in [-0.25, -0.2) is 0 Å². The van der Waals surface area contributed by atoms with Gasteiger partial charge in [-0.15, -0.1) is 0 Å². The lowest BCUT2D eigenvalue weighted by molar-refractivity contribution is 0.287. The van der Waals surface area contributed by atoms with Gasteiger partial charge in [0.1, 0.15) is 5.75 Å². The molecular weight excluding hydrogens is 234 g/mol. The summed E-state index contributed by atoms with van der Waals surface area (Å²) in [6, 6.07) is 8.51. The van der Waals surface area contributed by atoms with Crippen molar-refractivity contribution in [3.63, 3.8) is 0 Å². The molecule has 1 heterocycles. The number of para-hydroxylation sites is 1. The van der Waals surface area contributed by atoms with E-state index in [1.54, 1.807) is 0 Å². The van der Waals surface area contributed by atoms with Crippen LogP contribution >= 0.6 is 0 Å². The van der Waals surface area contributed by atoms with Crippen LogP contribution in [-0.2, 0) is 0 Å². The Hall–Kier alpha value is -1.02. The molecule has 1 aliphatic rings. The normalized spacial score (nSPS) is 19.3. The second-order valence-corrected chi connectivity index (χ2v) is 6.08. The minimum Gasteiger partial charge on any atom is -0.493 e. The molecule has 0 saturated heterocycles. The van der Waals surface area contributed by atoms with Crippen LogP contribution in [0.3, 0.4) is 0 Å². The van der Waals surface area contributed by atoms with Crippen LogP contribution in [0.25, 0.3) is 0 Å². The van der Waals surface area contributed by atoms with Crippen molar-refractivity contribution in [3.05, 3.63) is 29.8 Å². The van der Waals surface area contributed by atoms with Crippen molar-refractivity contribution in [2.24, 2.45) is 11.8 Å². The Labute approximate surface area is 117 Å². The van der Waals surface area contributed by atoms with E-state index in [0.717, 1.165) is 37.3 Å². The lowest BCUT2D eigenvalue weighted by Crippen LogP contribution is -2.25. The molecule has 2 rings (SSSR count). The van der Waals surface area contributed by atoms with Crippen LogP contribution in [0.1, 0.15) is 45.1 Å². The highest BCUT2D eigenvalue weighted by atomic mass is 16.5. The zero-order valence-corrected chi connectivity index (χ0v) is 12.5. The Morgan fingerprint density at radius 3 is 2.84 bits per heavy atom. The van der Waals surface area contributed by atoms with Gasteiger partial charge in [-0.2, -0.15) is 0 Å². The molecule has 0 amide bonds. The third-order valence-electron chi connectivity index (χ3n) is 3.90. The fraction of sp³-hybridized carbons (Fsp3) is 0.647. The van der Waals surface area contributed by atoms with E-state index in [-0.39, 0.29) is 0 Å². The van der Waals surface area contributed by atoms with Crippen LogP contribution in [0.2, 0.25) is 0 Å². The number of fused-ring (bicyclic) bond motifs is 1. The highest BCUT2D eigenvalue weighted by molar-refractivity contribution is 5.39. The van der Waals surface area contributed by atoms with Gasteiger partial charge >= 0.3 is 0 Å². The molecule has 0 radical (unpaired) electrons. The van der Waals surface area contributed by atoms with Gasteiger partial charge in [0.25, 0.3) is 0 Å². The summed E-state index contributed by atoms with van der Waals surface area (Å²) >= 11 is 0. The van der Waals surface area contributed by atoms with Crippen LogP contribution in [-0.4, -0.2) is 19.7 Å². The largest absolute Gasteiger partial charge is 0.493 e. The molecule has 0 saturated carbocycles. The molecule has 106 valence electrons. The first-order valence-electron chi connectivity index (χ1n) is 7.63. The van der Waals surface area contributed by atoms with E-state index in [1.165, 1.54) is 18.4 Å². The van der Waals surface area contributed by atoms with Crippen LogP contribution in [0, 0.1) is 11.8 Å². The van der Waals surface area contributed by atoms with Gasteiger partial charge in [0.2, 0.25) is 0 Å². The van der Waals surface area contributed by atoms with Crippen molar-refractivity contribution in [2.45, 2.75) is 39.5 Å². The Morgan fingerprint density at radius 1 is 1.32 bits per heavy atom. The molecule has 1 aliphatic heterocycles. The van der Waals surface area contributed by atoms with Crippen molar-refractivity contribution in [3.8, 4) is 5.75 Å². The van der Waals surface area contributed by atoms with Crippen LogP contribution < -0.4 is 10.1 Å². The molecule has 0 spiro atoms. The number of nitrogens with one attached hydrogen (secondary N) is 1. The maximum atomic E-state index is 5.80. The first kappa shape index (κ1) is 14.4. The average Bonchev–Trinajstić information content (AvgIpc) is 2.79. The van der Waals surface area contributed by atoms with E-state index in [9.17, 15) is 0 Å². The minimum atomic E-state index is 0.582. The molecule has 2 atom stereocenters. The summed E-state index contributed by atoms with van der Waals surface area (Å²) in [4.78, 5) is 0. The zero-order valence-electron chi connectivity index (χ0n) is 12.5. The summed E-state index contributed by atoms with van der Waals surface area (Å²) in [7, 11) is 0. The summed E-state index contributed by atoms with van der Waals surface area (Å²) in [5.74, 6) is 3.19. The van der Waals surface area contributed by atoms with Gasteiger partial charge in [-0.1, -0.05) is 39.0 Å². The van der Waals surface area contributed by atoms with E-state index in [4.69, 9.17) is 4.74 Å². The fourth-order valence-electron chi connectivity index (χ4n) is 3.10. The summed E-state index contributed by atoms with van der Waals surface area (Å²) in [5.41, 5.74) is 1.41. The van der Waals surface area contributed by atoms with Gasteiger partial charge in [0, 0.05) is 11.5 Å². The van der Waals surface area contributed by atoms with Gasteiger partial charge in [0.05, 0.1) is 6.61 Å². The molecule has 0 aliphatic carbocycles. The predicted octanol–water partition coefficient (Wildman–Crippen LogP) is 3.82. The summed E-state index contributed by atoms with van der Waals surface area (Å²) in [5, 5.41) is 3.51. The second kappa shape index (κ2) is 6.95. The standard InChI is InChI=1S/C17H27NO/c1-4-18-11-14(9-13(2)3)10-15-12-19-17-8-6-5-7-16(15)17/h5-8,13-15,18H,4,9-12H2,1-3H3. The zero-order chi connectivity index (χ0) is 13.7. The van der Waals surface area contributed by atoms with Gasteiger partial charge < -0.3 is 10.1 Å². The Bertz CT molecular complexity index is 389. The molecule has 1 aromatic rings. The monoisotopic (exact) mass is 261 g/mol. The highest BCUT2D eigenvalue weighted by Gasteiger charge is 2.26. The third kappa shape index (κ3) is 3.97. The summed E-state index contributed by atoms with van der Waals surface area (Å²) in [6.45, 7) is 9.87. The molecule has 2 nitrogen and oxygen atoms in total. The van der Waals surface area contributed by atoms with Crippen LogP contribution in [0.5, 0.6) is 5.75 Å². The van der Waals surface area contributed by atoms with Crippen molar-refractivity contribution in [1.82, 2.24) is 5.32 Å². The van der Waals surface area contributed by atoms with E-state index < -0.39 is 0 Å². The molecule has 1 aromatic carbocycles. The molecule has 2 heteroatoms. The van der Waals surface area contributed by atoms with E-state index in [0.29, 0.717) is 5.92 Å². The molecule has 0 fully saturated rings. The van der Waals surface area contributed by atoms with Gasteiger partial charge in [0.15, 0.2) is 0 Å². The molecule has 2 unspecified atom stereocenters. The molecule has 0 aromatic heterocycles. The predicted molar refractivity (Wildman–Crippen MR) is 80.8 cm³/mol. The van der Waals surface area contributed by atoms with Crippen molar-refractivity contribution >= 4 is 0 Å². The van der Waals surface area contributed by atoms with Crippen molar-refractivity contribution < 1.29 is 4.74 Å². The molecule has 1 N–H and O–H groups in total. The first-order valence-corrected chi connectivity index (χ1v) is 7.63. The van der Waals surface area contributed by atoms with Gasteiger partial charge in [-0.05, 0) is 43.8 Å². The lowest BCUT2D eigenvalue weighted by atomic mass is 9.85. The smallest absolute Gasteiger partial charge is 0.122 e. The second-order valence-electron chi connectivity index (χ2n) is 6.08. The third-order valence-corrected chi connectivity index (χ3v) is 3.90. The van der Waals surface area contributed by atoms with E-state index >= 15 is 0 Å². The lowest BCUT2D eigenvalue weighted by Gasteiger charge is -2.22. The maximum absolute atomic E-state index is 5.80. The molecule has 19 heavy (non-hydrogen) atoms. The van der Waals surface area contributed by atoms with Crippen LogP contribution in [0.15, 0.2) is 24.3 Å². The summed E-state index contributed by atoms with van der Waals surface area (Å²) < 4.78 is 5.80. The quantitative estimate of drug-likeness (QED) is 0.805. The molecule has 0 bridgehead atoms. The SMILES string of the molecule is CCNCC(CC(C)C)CC1COc2ccccc21. The fourth-order valence-corrected chi connectivity index (χ4v) is 3.10. The molecular formula is C17H27NO. The van der Waals surface area contributed by atoms with Crippen LogP contribution in [0.4, 0.5) is 0 Å². The topological polar surface area (TPSA) is 21.3 Å². The number of benzene rings is 1. The Morgan fingerprint density at radius 2 is 2.11 bits per heavy atom. The Balaban J connectivity index is 1.97.